The second-order valence-electron chi connectivity index (χ2n) is 5.46. The molecule has 0 atom stereocenters. The van der Waals surface area contributed by atoms with Crippen molar-refractivity contribution < 1.29 is 22.4 Å². The van der Waals surface area contributed by atoms with E-state index in [1.807, 2.05) is 24.3 Å². The summed E-state index contributed by atoms with van der Waals surface area (Å²) in [7, 11) is -3.73. The number of furan rings is 1. The highest BCUT2D eigenvalue weighted by atomic mass is 79.9. The molecular weight excluding hydrogens is 456 g/mol. The molecule has 0 aliphatic heterocycles. The molecule has 0 unspecified atom stereocenters. The van der Waals surface area contributed by atoms with Gasteiger partial charge in [0, 0.05) is 9.35 Å². The highest BCUT2D eigenvalue weighted by Crippen LogP contribution is 2.21. The third-order valence-corrected chi connectivity index (χ3v) is 6.42. The van der Waals surface area contributed by atoms with Crippen LogP contribution in [0.1, 0.15) is 21.2 Å². The number of hydrogen-bond donors (Lipinski definition) is 2. The van der Waals surface area contributed by atoms with Crippen LogP contribution < -0.4 is 15.2 Å². The summed E-state index contributed by atoms with van der Waals surface area (Å²) in [5.41, 5.74) is 0. The van der Waals surface area contributed by atoms with Crippen LogP contribution in [0.5, 0.6) is 5.75 Å². The lowest BCUT2D eigenvalue weighted by atomic mass is 10.3. The molecule has 142 valence electrons. The van der Waals surface area contributed by atoms with E-state index in [1.54, 1.807) is 18.2 Å². The highest BCUT2D eigenvalue weighted by molar-refractivity contribution is 9.10. The lowest BCUT2D eigenvalue weighted by Crippen LogP contribution is -2.21. The third-order valence-electron chi connectivity index (χ3n) is 3.40. The zero-order valence-corrected chi connectivity index (χ0v) is 17.1. The fourth-order valence-electron chi connectivity index (χ4n) is 2.15. The minimum Gasteiger partial charge on any atom is -0.486 e. The van der Waals surface area contributed by atoms with E-state index in [4.69, 9.17) is 14.3 Å². The molecule has 27 heavy (non-hydrogen) atoms. The van der Waals surface area contributed by atoms with Crippen LogP contribution in [0, 0.1) is 0 Å². The smallest absolute Gasteiger partial charge is 0.287 e. The maximum atomic E-state index is 12.2. The van der Waals surface area contributed by atoms with Crippen LogP contribution >= 0.6 is 27.3 Å². The monoisotopic (exact) mass is 470 g/mol. The number of rotatable bonds is 7. The van der Waals surface area contributed by atoms with Crippen LogP contribution in [0.15, 0.2) is 61.6 Å². The number of nitrogens with one attached hydrogen (secondary N) is 1. The van der Waals surface area contributed by atoms with Gasteiger partial charge in [0.15, 0.2) is 5.76 Å². The summed E-state index contributed by atoms with van der Waals surface area (Å²) in [5.74, 6) is 0.920. The van der Waals surface area contributed by atoms with Gasteiger partial charge in [-0.3, -0.25) is 4.79 Å². The van der Waals surface area contributed by atoms with Gasteiger partial charge in [-0.25, -0.2) is 13.6 Å². The number of ether oxygens (including phenoxy) is 1. The number of benzene rings is 1. The number of carbonyl (C=O) groups is 1. The van der Waals surface area contributed by atoms with E-state index in [-0.39, 0.29) is 23.1 Å². The molecule has 10 heteroatoms. The van der Waals surface area contributed by atoms with Crippen molar-refractivity contribution in [2.75, 3.05) is 0 Å². The number of nitrogens with two attached hydrogens (primary N) is 1. The van der Waals surface area contributed by atoms with Crippen molar-refractivity contribution in [1.29, 1.82) is 0 Å². The number of carbonyl (C=O) groups excluding carboxylic acids is 1. The van der Waals surface area contributed by atoms with Crippen molar-refractivity contribution in [3.8, 4) is 5.75 Å². The summed E-state index contributed by atoms with van der Waals surface area (Å²) >= 11 is 4.37. The first-order valence-electron chi connectivity index (χ1n) is 7.68. The van der Waals surface area contributed by atoms with Crippen molar-refractivity contribution in [2.24, 2.45) is 5.14 Å². The van der Waals surface area contributed by atoms with Gasteiger partial charge in [-0.2, -0.15) is 0 Å². The van der Waals surface area contributed by atoms with Crippen LogP contribution in [0.25, 0.3) is 0 Å². The van der Waals surface area contributed by atoms with E-state index in [0.29, 0.717) is 16.4 Å². The predicted molar refractivity (Wildman–Crippen MR) is 104 cm³/mol. The normalized spacial score (nSPS) is 11.3. The molecule has 0 radical (unpaired) electrons. The molecule has 0 aliphatic carbocycles. The van der Waals surface area contributed by atoms with E-state index in [1.165, 1.54) is 6.07 Å². The van der Waals surface area contributed by atoms with Crippen molar-refractivity contribution in [2.45, 2.75) is 17.4 Å². The van der Waals surface area contributed by atoms with E-state index < -0.39 is 15.9 Å². The van der Waals surface area contributed by atoms with Gasteiger partial charge < -0.3 is 14.5 Å². The number of amides is 1. The molecule has 3 rings (SSSR count). The maximum absolute atomic E-state index is 12.2. The zero-order chi connectivity index (χ0) is 19.4. The number of sulfonamides is 1. The average Bonchev–Trinajstić information content (AvgIpc) is 3.27. The Hall–Kier alpha value is -2.14. The first-order valence-corrected chi connectivity index (χ1v) is 10.8. The Kier molecular flexibility index (Phi) is 6.00. The summed E-state index contributed by atoms with van der Waals surface area (Å²) in [6.45, 7) is 0.357. The number of halogens is 1. The Morgan fingerprint density at radius 3 is 2.74 bits per heavy atom. The largest absolute Gasteiger partial charge is 0.486 e. The summed E-state index contributed by atoms with van der Waals surface area (Å²) < 4.78 is 34.6. The lowest BCUT2D eigenvalue weighted by molar-refractivity contribution is 0.0919. The highest BCUT2D eigenvalue weighted by Gasteiger charge is 2.14. The van der Waals surface area contributed by atoms with Crippen LogP contribution in [0.2, 0.25) is 0 Å². The van der Waals surface area contributed by atoms with E-state index >= 15 is 0 Å². The van der Waals surface area contributed by atoms with Gasteiger partial charge in [0.05, 0.1) is 6.54 Å². The molecule has 0 spiro atoms. The van der Waals surface area contributed by atoms with Gasteiger partial charge in [-0.15, -0.1) is 11.3 Å². The summed E-state index contributed by atoms with van der Waals surface area (Å²) in [4.78, 5) is 12.8. The number of thiophene rings is 1. The van der Waals surface area contributed by atoms with Crippen molar-refractivity contribution in [3.63, 3.8) is 0 Å². The zero-order valence-electron chi connectivity index (χ0n) is 13.8. The van der Waals surface area contributed by atoms with Crippen LogP contribution in [-0.4, -0.2) is 14.3 Å². The first kappa shape index (κ1) is 19.6. The molecule has 3 N–H and O–H groups in total. The maximum Gasteiger partial charge on any atom is 0.287 e. The molecule has 1 aromatic carbocycles. The molecule has 2 aromatic heterocycles. The summed E-state index contributed by atoms with van der Waals surface area (Å²) in [6.07, 6.45) is 0. The third kappa shape index (κ3) is 5.42. The van der Waals surface area contributed by atoms with E-state index in [0.717, 1.165) is 15.8 Å². The minimum absolute atomic E-state index is 0.0525. The number of hydrogen-bond acceptors (Lipinski definition) is 6. The number of primary sulfonamides is 1. The second kappa shape index (κ2) is 8.26. The standard InChI is InChI=1S/C17H15BrN2O5S2/c18-11-2-1-3-12(8-11)24-10-13-4-6-15(25-13)17(21)20-9-14-5-7-16(26-14)27(19,22)23/h1-8H,9-10H2,(H,20,21)(H2,19,22,23). The molecule has 0 bridgehead atoms. The molecule has 0 saturated heterocycles. The Bertz CT molecular complexity index is 1060. The van der Waals surface area contributed by atoms with Gasteiger partial charge in [-0.1, -0.05) is 22.0 Å². The van der Waals surface area contributed by atoms with E-state index in [2.05, 4.69) is 21.2 Å². The Morgan fingerprint density at radius 2 is 2.04 bits per heavy atom. The Balaban J connectivity index is 1.54. The quantitative estimate of drug-likeness (QED) is 0.550. The molecular formula is C17H15BrN2O5S2. The molecule has 7 nitrogen and oxygen atoms in total. The van der Waals surface area contributed by atoms with Gasteiger partial charge in [-0.05, 0) is 42.5 Å². The lowest BCUT2D eigenvalue weighted by Gasteiger charge is -2.04. The van der Waals surface area contributed by atoms with Gasteiger partial charge in [0.25, 0.3) is 5.91 Å². The topological polar surface area (TPSA) is 112 Å². The Morgan fingerprint density at radius 1 is 1.22 bits per heavy atom. The molecule has 2 heterocycles. The Labute approximate surface area is 168 Å². The van der Waals surface area contributed by atoms with Crippen LogP contribution in [-0.2, 0) is 23.2 Å². The predicted octanol–water partition coefficient (Wildman–Crippen LogP) is 3.26. The average molecular weight is 471 g/mol. The van der Waals surface area contributed by atoms with Gasteiger partial charge in [0.2, 0.25) is 10.0 Å². The van der Waals surface area contributed by atoms with E-state index in [9.17, 15) is 13.2 Å². The molecule has 0 aliphatic rings. The first-order chi connectivity index (χ1) is 12.8. The van der Waals surface area contributed by atoms with Crippen molar-refractivity contribution in [1.82, 2.24) is 5.32 Å². The van der Waals surface area contributed by atoms with Crippen LogP contribution in [0.3, 0.4) is 0 Å². The SMILES string of the molecule is NS(=O)(=O)c1ccc(CNC(=O)c2ccc(COc3cccc(Br)c3)o2)s1. The van der Waals surface area contributed by atoms with Crippen molar-refractivity contribution in [3.05, 3.63) is 69.4 Å². The molecule has 1 amide bonds. The molecule has 0 fully saturated rings. The van der Waals surface area contributed by atoms with Crippen LogP contribution in [0.4, 0.5) is 0 Å². The molecule has 3 aromatic rings. The molecule has 0 saturated carbocycles. The summed E-state index contributed by atoms with van der Waals surface area (Å²) in [5, 5.41) is 7.73. The van der Waals surface area contributed by atoms with Crippen molar-refractivity contribution >= 4 is 43.2 Å². The fourth-order valence-corrected chi connectivity index (χ4v) is 4.25. The summed E-state index contributed by atoms with van der Waals surface area (Å²) in [6, 6.07) is 13.6. The second-order valence-corrected chi connectivity index (χ2v) is 9.33. The van der Waals surface area contributed by atoms with Gasteiger partial charge in [0.1, 0.15) is 22.3 Å². The fraction of sp³-hybridized carbons (Fsp3) is 0.118. The minimum atomic E-state index is -3.73. The van der Waals surface area contributed by atoms with Gasteiger partial charge >= 0.3 is 0 Å².